The number of halogens is 1. The molecule has 1 aromatic heterocycles. The number of aliphatic hydroxyl groups is 2. The molecule has 3 N–H and O–H groups in total. The number of carbonyl (C=O) groups excluding carboxylic acids is 2. The number of aliphatic hydroxyl groups excluding tert-OH is 1. The third kappa shape index (κ3) is 8.35. The summed E-state index contributed by atoms with van der Waals surface area (Å²) in [4.78, 5) is 48.4. The first-order valence-corrected chi connectivity index (χ1v) is 12.8. The van der Waals surface area contributed by atoms with Gasteiger partial charge in [0.15, 0.2) is 12.3 Å². The first kappa shape index (κ1) is 32.9. The van der Waals surface area contributed by atoms with Crippen molar-refractivity contribution in [3.8, 4) is 12.3 Å². The minimum absolute atomic E-state index is 0.487. The van der Waals surface area contributed by atoms with Crippen molar-refractivity contribution in [2.45, 2.75) is 63.7 Å². The second kappa shape index (κ2) is 13.4. The number of phosphoric ester groups is 1. The molecule has 0 saturated carbocycles. The van der Waals surface area contributed by atoms with Crippen LogP contribution in [0.4, 0.5) is 14.0 Å². The van der Waals surface area contributed by atoms with E-state index in [4.69, 9.17) is 24.7 Å². The lowest BCUT2D eigenvalue weighted by molar-refractivity contribution is -0.206. The Morgan fingerprint density at radius 1 is 1.15 bits per heavy atom. The molecule has 0 amide bonds. The maximum absolute atomic E-state index is 15.8. The van der Waals surface area contributed by atoms with E-state index in [1.54, 1.807) is 5.92 Å². The number of rotatable bonds is 12. The summed E-state index contributed by atoms with van der Waals surface area (Å²) in [5.41, 5.74) is -4.94. The van der Waals surface area contributed by atoms with Crippen LogP contribution in [-0.2, 0) is 41.8 Å². The number of hydrogen-bond acceptors (Lipinski definition) is 15. The van der Waals surface area contributed by atoms with E-state index in [1.165, 1.54) is 27.7 Å². The molecule has 1 saturated heterocycles. The van der Waals surface area contributed by atoms with Crippen molar-refractivity contribution in [2.75, 3.05) is 20.2 Å². The second-order valence-corrected chi connectivity index (χ2v) is 10.2. The largest absolute Gasteiger partial charge is 0.510 e. The van der Waals surface area contributed by atoms with Crippen LogP contribution >= 0.6 is 7.82 Å². The molecule has 40 heavy (non-hydrogen) atoms. The quantitative estimate of drug-likeness (QED) is 0.130. The summed E-state index contributed by atoms with van der Waals surface area (Å²) in [5, 5.41) is 21.3. The summed E-state index contributed by atoms with van der Waals surface area (Å²) in [6.45, 7) is 2.21. The number of hydrogen-bond donors (Lipinski definition) is 3. The first-order chi connectivity index (χ1) is 18.5. The second-order valence-electron chi connectivity index (χ2n) is 8.48. The Kier molecular flexibility index (Phi) is 11.0. The van der Waals surface area contributed by atoms with Gasteiger partial charge in [-0.25, -0.2) is 32.4 Å². The maximum atomic E-state index is 15.8. The highest BCUT2D eigenvalue weighted by Gasteiger charge is 2.65. The van der Waals surface area contributed by atoms with E-state index in [9.17, 15) is 34.0 Å². The third-order valence-corrected chi connectivity index (χ3v) is 5.99. The van der Waals surface area contributed by atoms with Crippen LogP contribution in [0.1, 0.15) is 33.9 Å². The van der Waals surface area contributed by atoms with Crippen LogP contribution in [0.25, 0.3) is 0 Å². The van der Waals surface area contributed by atoms with Crippen LogP contribution in [0, 0.1) is 12.3 Å². The molecule has 0 aromatic carbocycles. The summed E-state index contributed by atoms with van der Waals surface area (Å²) >= 11 is 0. The Bertz CT molecular complexity index is 1230. The molecule has 19 heteroatoms. The van der Waals surface area contributed by atoms with Crippen molar-refractivity contribution in [3.05, 3.63) is 33.1 Å². The summed E-state index contributed by atoms with van der Waals surface area (Å²) in [7, 11) is -5.03. The summed E-state index contributed by atoms with van der Waals surface area (Å²) in [5.74, 6) is -1.77. The zero-order valence-corrected chi connectivity index (χ0v) is 22.5. The summed E-state index contributed by atoms with van der Waals surface area (Å²) in [6, 6.07) is 0.827. The van der Waals surface area contributed by atoms with Crippen LogP contribution in [0.3, 0.4) is 0 Å². The molecule has 1 aliphatic heterocycles. The van der Waals surface area contributed by atoms with Gasteiger partial charge in [0.25, 0.3) is 11.4 Å². The van der Waals surface area contributed by atoms with Crippen LogP contribution in [0.15, 0.2) is 21.9 Å². The average Bonchev–Trinajstić information content (AvgIpc) is 3.04. The third-order valence-electron chi connectivity index (χ3n) is 4.70. The van der Waals surface area contributed by atoms with E-state index in [2.05, 4.69) is 18.9 Å². The molecule has 224 valence electrons. The van der Waals surface area contributed by atoms with Gasteiger partial charge in [0.2, 0.25) is 19.2 Å². The van der Waals surface area contributed by atoms with Gasteiger partial charge in [-0.2, -0.15) is 0 Å². The molecule has 0 spiro atoms. The molecule has 4 atom stereocenters. The number of ether oxygens (including phenoxy) is 5. The number of alkyl halides is 1. The molecular weight excluding hydrogens is 570 g/mol. The standard InChI is InChI=1S/C21H28FN2O15P/c1-6-20(30)15(26)21(22,39-16(20)24-8-7-14(25)23-17(24)27)9-34-40(31,35-10-32-18(28)37-12(2)3)36-11-33-19(29)38-13(4)5/h1,7-8,12-13,15-16,26,30H,9-11H2,2-5H3,(H,23,25,27)/t15-,16?,20+,21+/m0/s1. The van der Waals surface area contributed by atoms with Gasteiger partial charge in [-0.3, -0.25) is 18.9 Å². The number of nitrogens with zero attached hydrogens (tertiary/aromatic N) is 1. The molecule has 2 heterocycles. The fraction of sp³-hybridized carbons (Fsp3) is 0.619. The molecule has 1 unspecified atom stereocenters. The maximum Gasteiger partial charge on any atom is 0.510 e. The molecule has 17 nitrogen and oxygen atoms in total. The lowest BCUT2D eigenvalue weighted by Crippen LogP contribution is -2.51. The SMILES string of the molecule is C#C[C@]1(O)C(n2ccc(=O)[nH]c2=O)O[C@](F)(COP(=O)(OCOC(=O)OC(C)C)OCOC(=O)OC(C)C)[C@H]1O. The lowest BCUT2D eigenvalue weighted by atomic mass is 9.94. The van der Waals surface area contributed by atoms with Gasteiger partial charge < -0.3 is 33.9 Å². The van der Waals surface area contributed by atoms with E-state index in [-0.39, 0.29) is 0 Å². The Hall–Kier alpha value is -3.30. The van der Waals surface area contributed by atoms with E-state index in [1.807, 2.05) is 4.98 Å². The summed E-state index contributed by atoms with van der Waals surface area (Å²) in [6.07, 6.45) is -2.35. The Labute approximate surface area is 225 Å². The molecule has 0 aliphatic carbocycles. The molecular formula is C21H28FN2O15P. The predicted molar refractivity (Wildman–Crippen MR) is 126 cm³/mol. The van der Waals surface area contributed by atoms with Crippen molar-refractivity contribution >= 4 is 20.1 Å². The van der Waals surface area contributed by atoms with Gasteiger partial charge in [0.05, 0.1) is 12.2 Å². The minimum atomic E-state index is -5.03. The average molecular weight is 598 g/mol. The van der Waals surface area contributed by atoms with E-state index < -0.39 is 87.6 Å². The van der Waals surface area contributed by atoms with Crippen molar-refractivity contribution in [1.82, 2.24) is 9.55 Å². The highest BCUT2D eigenvalue weighted by atomic mass is 31.2. The van der Waals surface area contributed by atoms with Crippen molar-refractivity contribution in [2.24, 2.45) is 0 Å². The number of terminal acetylenes is 1. The predicted octanol–water partition coefficient (Wildman–Crippen LogP) is 0.652. The number of aromatic amines is 1. The van der Waals surface area contributed by atoms with Gasteiger partial charge in [0, 0.05) is 12.3 Å². The molecule has 1 aliphatic rings. The van der Waals surface area contributed by atoms with Crippen LogP contribution < -0.4 is 11.2 Å². The topological polar surface area (TPSA) is 220 Å². The van der Waals surface area contributed by atoms with Gasteiger partial charge >= 0.3 is 25.8 Å². The number of phosphoric acid groups is 1. The molecule has 1 aromatic rings. The molecule has 0 bridgehead atoms. The van der Waals surface area contributed by atoms with Crippen LogP contribution in [0.5, 0.6) is 0 Å². The minimum Gasteiger partial charge on any atom is -0.432 e. The highest BCUT2D eigenvalue weighted by Crippen LogP contribution is 2.52. The van der Waals surface area contributed by atoms with E-state index in [0.717, 1.165) is 12.3 Å². The fourth-order valence-electron chi connectivity index (χ4n) is 2.96. The molecule has 2 rings (SSSR count). The lowest BCUT2D eigenvalue weighted by Gasteiger charge is -2.27. The first-order valence-electron chi connectivity index (χ1n) is 11.3. The van der Waals surface area contributed by atoms with Gasteiger partial charge in [0.1, 0.15) is 6.61 Å². The smallest absolute Gasteiger partial charge is 0.432 e. The van der Waals surface area contributed by atoms with E-state index in [0.29, 0.717) is 4.57 Å². The number of H-pyrrole nitrogens is 1. The number of aromatic nitrogens is 2. The number of nitrogens with one attached hydrogen (secondary N) is 1. The zero-order valence-electron chi connectivity index (χ0n) is 21.6. The molecule has 0 radical (unpaired) electrons. The molecule has 1 fully saturated rings. The highest BCUT2D eigenvalue weighted by molar-refractivity contribution is 7.48. The van der Waals surface area contributed by atoms with Crippen LogP contribution in [-0.4, -0.2) is 82.0 Å². The normalized spacial score (nSPS) is 24.5. The van der Waals surface area contributed by atoms with E-state index >= 15 is 4.39 Å². The van der Waals surface area contributed by atoms with Crippen LogP contribution in [0.2, 0.25) is 0 Å². The Balaban J connectivity index is 2.22. The van der Waals surface area contributed by atoms with Crippen molar-refractivity contribution < 1.29 is 66.0 Å². The summed E-state index contributed by atoms with van der Waals surface area (Å²) < 4.78 is 67.1. The van der Waals surface area contributed by atoms with Gasteiger partial charge in [-0.1, -0.05) is 5.92 Å². The Morgan fingerprint density at radius 3 is 2.12 bits per heavy atom. The van der Waals surface area contributed by atoms with Gasteiger partial charge in [-0.05, 0) is 27.7 Å². The fourth-order valence-corrected chi connectivity index (χ4v) is 3.88. The Morgan fingerprint density at radius 2 is 1.68 bits per heavy atom. The van der Waals surface area contributed by atoms with Gasteiger partial charge in [-0.15, -0.1) is 6.42 Å². The van der Waals surface area contributed by atoms with Crippen molar-refractivity contribution in [1.29, 1.82) is 0 Å². The monoisotopic (exact) mass is 598 g/mol. The zero-order chi connectivity index (χ0) is 30.3. The van der Waals surface area contributed by atoms with Crippen molar-refractivity contribution in [3.63, 3.8) is 0 Å². The number of carbonyl (C=O) groups is 2.